The predicted molar refractivity (Wildman–Crippen MR) is 106 cm³/mol. The van der Waals surface area contributed by atoms with Crippen LogP contribution in [0.1, 0.15) is 79.1 Å². The Morgan fingerprint density at radius 2 is 1.81 bits per heavy atom. The van der Waals surface area contributed by atoms with Crippen LogP contribution in [0, 0.1) is 17.8 Å². The van der Waals surface area contributed by atoms with Gasteiger partial charge in [-0.1, -0.05) is 49.5 Å². The van der Waals surface area contributed by atoms with Crippen molar-refractivity contribution >= 4 is 5.97 Å². The van der Waals surface area contributed by atoms with Gasteiger partial charge in [0.15, 0.2) is 0 Å². The van der Waals surface area contributed by atoms with Gasteiger partial charge in [-0.15, -0.1) is 0 Å². The van der Waals surface area contributed by atoms with E-state index in [9.17, 15) is 20.1 Å². The Morgan fingerprint density at radius 3 is 2.38 bits per heavy atom. The lowest BCUT2D eigenvalue weighted by Crippen LogP contribution is -2.49. The molecular weight excluding hydrogens is 328 g/mol. The number of hydrogen-bond donors (Lipinski definition) is 3. The Bertz CT molecular complexity index is 490. The molecule has 1 rings (SSSR count). The molecule has 0 amide bonds. The Morgan fingerprint density at radius 1 is 1.12 bits per heavy atom. The van der Waals surface area contributed by atoms with Crippen LogP contribution in [0.3, 0.4) is 0 Å². The third kappa shape index (κ3) is 7.24. The monoisotopic (exact) mass is 366 g/mol. The van der Waals surface area contributed by atoms with Gasteiger partial charge in [-0.2, -0.15) is 0 Å². The summed E-state index contributed by atoms with van der Waals surface area (Å²) < 4.78 is 0. The highest BCUT2D eigenvalue weighted by Gasteiger charge is 2.46. The molecule has 1 fully saturated rings. The van der Waals surface area contributed by atoms with E-state index in [4.69, 9.17) is 0 Å². The van der Waals surface area contributed by atoms with Crippen molar-refractivity contribution in [3.05, 3.63) is 23.3 Å². The summed E-state index contributed by atoms with van der Waals surface area (Å²) in [6.45, 7) is 8.33. The highest BCUT2D eigenvalue weighted by Crippen LogP contribution is 2.39. The molecule has 1 aliphatic carbocycles. The Balaban J connectivity index is 2.71. The van der Waals surface area contributed by atoms with Gasteiger partial charge < -0.3 is 15.3 Å². The second-order valence-corrected chi connectivity index (χ2v) is 8.18. The normalized spacial score (nSPS) is 29.5. The number of carboxylic acids is 1. The van der Waals surface area contributed by atoms with E-state index < -0.39 is 30.0 Å². The molecule has 1 aliphatic rings. The number of carboxylic acid groups (broad SMARTS) is 1. The zero-order valence-electron chi connectivity index (χ0n) is 16.9. The maximum atomic E-state index is 11.7. The molecule has 26 heavy (non-hydrogen) atoms. The Labute approximate surface area is 159 Å². The molecule has 4 nitrogen and oxygen atoms in total. The van der Waals surface area contributed by atoms with Gasteiger partial charge in [0.25, 0.3) is 0 Å². The van der Waals surface area contributed by atoms with Crippen LogP contribution in [0.15, 0.2) is 23.3 Å². The quantitative estimate of drug-likeness (QED) is 0.386. The van der Waals surface area contributed by atoms with Crippen LogP contribution < -0.4 is 0 Å². The Kier molecular flexibility index (Phi) is 10.2. The molecule has 0 aromatic heterocycles. The van der Waals surface area contributed by atoms with Crippen molar-refractivity contribution < 1.29 is 20.1 Å². The number of carbonyl (C=O) groups is 1. The first kappa shape index (κ1) is 22.9. The number of rotatable bonds is 10. The number of unbranched alkanes of at least 4 members (excludes halogenated alkanes) is 2. The fourth-order valence-electron chi connectivity index (χ4n) is 4.03. The van der Waals surface area contributed by atoms with Gasteiger partial charge in [0.05, 0.1) is 18.1 Å². The molecule has 150 valence electrons. The molecule has 0 aromatic carbocycles. The summed E-state index contributed by atoms with van der Waals surface area (Å²) in [5, 5.41) is 30.8. The van der Waals surface area contributed by atoms with Gasteiger partial charge >= 0.3 is 5.97 Å². The van der Waals surface area contributed by atoms with Gasteiger partial charge in [0, 0.05) is 5.92 Å². The lowest BCUT2D eigenvalue weighted by Gasteiger charge is -2.41. The van der Waals surface area contributed by atoms with Crippen molar-refractivity contribution in [2.45, 2.75) is 91.3 Å². The summed E-state index contributed by atoms with van der Waals surface area (Å²) in [5.74, 6) is -2.22. The first-order valence-corrected chi connectivity index (χ1v) is 10.2. The molecule has 0 saturated heterocycles. The lowest BCUT2D eigenvalue weighted by atomic mass is 9.67. The maximum Gasteiger partial charge on any atom is 0.309 e. The van der Waals surface area contributed by atoms with Crippen LogP contribution in [0.25, 0.3) is 0 Å². The molecule has 4 heteroatoms. The molecule has 0 spiro atoms. The predicted octanol–water partition coefficient (Wildman–Crippen LogP) is 4.71. The molecule has 0 radical (unpaired) electrons. The van der Waals surface area contributed by atoms with Crippen LogP contribution in [0.2, 0.25) is 0 Å². The average Bonchev–Trinajstić information content (AvgIpc) is 2.53. The fraction of sp³-hybridized carbons (Fsp3) is 0.773. The van der Waals surface area contributed by atoms with Crippen molar-refractivity contribution in [3.8, 4) is 0 Å². The van der Waals surface area contributed by atoms with Crippen molar-refractivity contribution in [2.75, 3.05) is 0 Å². The second-order valence-electron chi connectivity index (χ2n) is 8.18. The van der Waals surface area contributed by atoms with E-state index in [1.807, 2.05) is 0 Å². The van der Waals surface area contributed by atoms with Crippen LogP contribution in [-0.2, 0) is 4.79 Å². The first-order valence-electron chi connectivity index (χ1n) is 10.2. The first-order chi connectivity index (χ1) is 12.3. The van der Waals surface area contributed by atoms with E-state index in [2.05, 4.69) is 39.8 Å². The van der Waals surface area contributed by atoms with Gasteiger partial charge in [-0.3, -0.25) is 4.79 Å². The topological polar surface area (TPSA) is 77.8 Å². The summed E-state index contributed by atoms with van der Waals surface area (Å²) in [4.78, 5) is 11.7. The van der Waals surface area contributed by atoms with E-state index in [0.29, 0.717) is 12.8 Å². The van der Waals surface area contributed by atoms with E-state index in [-0.39, 0.29) is 5.92 Å². The highest BCUT2D eigenvalue weighted by atomic mass is 16.4. The number of aliphatic hydroxyl groups excluding tert-OH is 2. The summed E-state index contributed by atoms with van der Waals surface area (Å²) in [5.41, 5.74) is 2.52. The minimum Gasteiger partial charge on any atom is -0.481 e. The average molecular weight is 367 g/mol. The number of hydrogen-bond acceptors (Lipinski definition) is 3. The summed E-state index contributed by atoms with van der Waals surface area (Å²) >= 11 is 0. The van der Waals surface area contributed by atoms with Gasteiger partial charge in [-0.05, 0) is 58.8 Å². The maximum absolute atomic E-state index is 11.7. The summed E-state index contributed by atoms with van der Waals surface area (Å²) in [6.07, 6.45) is 9.46. The number of aliphatic carboxylic acids is 1. The minimum absolute atomic E-state index is 0.136. The van der Waals surface area contributed by atoms with Crippen molar-refractivity contribution in [1.82, 2.24) is 0 Å². The van der Waals surface area contributed by atoms with Gasteiger partial charge in [0.2, 0.25) is 0 Å². The molecule has 5 unspecified atom stereocenters. The smallest absolute Gasteiger partial charge is 0.309 e. The molecular formula is C22H38O4. The van der Waals surface area contributed by atoms with E-state index >= 15 is 0 Å². The van der Waals surface area contributed by atoms with Crippen LogP contribution >= 0.6 is 0 Å². The standard InChI is InChI=1S/C22H38O4/c1-5-6-7-11-17-14-19(23)18(21(24)20(17)22(25)26)13-12-16(4)10-8-9-15(2)3/h9,12,17-21,23-24H,5-8,10-11,13-14H2,1-4H3,(H,25,26)/b16-12+. The molecule has 0 heterocycles. The van der Waals surface area contributed by atoms with Gasteiger partial charge in [0.1, 0.15) is 0 Å². The minimum atomic E-state index is -0.982. The van der Waals surface area contributed by atoms with Crippen LogP contribution in [0.5, 0.6) is 0 Å². The van der Waals surface area contributed by atoms with E-state index in [0.717, 1.165) is 38.5 Å². The zero-order valence-corrected chi connectivity index (χ0v) is 16.9. The largest absolute Gasteiger partial charge is 0.481 e. The highest BCUT2D eigenvalue weighted by molar-refractivity contribution is 5.71. The summed E-state index contributed by atoms with van der Waals surface area (Å²) in [7, 11) is 0. The van der Waals surface area contributed by atoms with Crippen molar-refractivity contribution in [1.29, 1.82) is 0 Å². The number of aliphatic hydroxyl groups is 2. The van der Waals surface area contributed by atoms with Crippen LogP contribution in [-0.4, -0.2) is 33.5 Å². The van der Waals surface area contributed by atoms with Crippen LogP contribution in [0.4, 0.5) is 0 Å². The third-order valence-electron chi connectivity index (χ3n) is 5.65. The molecule has 0 aromatic rings. The summed E-state index contributed by atoms with van der Waals surface area (Å²) in [6, 6.07) is 0. The van der Waals surface area contributed by atoms with Crippen molar-refractivity contribution in [2.24, 2.45) is 17.8 Å². The SMILES string of the molecule is CCCCCC1CC(O)C(C/C=C(\C)CCC=C(C)C)C(O)C1C(=O)O. The zero-order chi connectivity index (χ0) is 19.7. The Hall–Kier alpha value is -1.13. The number of allylic oxidation sites excluding steroid dienone is 4. The molecule has 1 saturated carbocycles. The lowest BCUT2D eigenvalue weighted by molar-refractivity contribution is -0.159. The fourth-order valence-corrected chi connectivity index (χ4v) is 4.03. The van der Waals surface area contributed by atoms with E-state index in [1.54, 1.807) is 0 Å². The molecule has 0 aliphatic heterocycles. The molecule has 5 atom stereocenters. The molecule has 0 bridgehead atoms. The molecule has 3 N–H and O–H groups in total. The second kappa shape index (κ2) is 11.6. The van der Waals surface area contributed by atoms with Gasteiger partial charge in [-0.25, -0.2) is 0 Å². The van der Waals surface area contributed by atoms with Crippen molar-refractivity contribution in [3.63, 3.8) is 0 Å². The van der Waals surface area contributed by atoms with E-state index in [1.165, 1.54) is 11.1 Å². The third-order valence-corrected chi connectivity index (χ3v) is 5.65.